The Balaban J connectivity index is 2.38. The molecule has 0 bridgehead atoms. The van der Waals surface area contributed by atoms with Gasteiger partial charge in [0.05, 0.1) is 12.1 Å². The number of carboxylic acid groups (broad SMARTS) is 1. The maximum absolute atomic E-state index is 10.4. The highest BCUT2D eigenvalue weighted by molar-refractivity contribution is 8.00. The van der Waals surface area contributed by atoms with Crippen LogP contribution in [-0.2, 0) is 11.2 Å². The molecule has 3 nitrogen and oxygen atoms in total. The Morgan fingerprint density at radius 2 is 2.50 bits per heavy atom. The fourth-order valence-electron chi connectivity index (χ4n) is 0.895. The second-order valence-corrected chi connectivity index (χ2v) is 5.08. The second-order valence-electron chi connectivity index (χ2n) is 2.88. The van der Waals surface area contributed by atoms with Crippen LogP contribution in [0.4, 0.5) is 0 Å². The number of carboxylic acids is 1. The molecule has 78 valence electrons. The van der Waals surface area contributed by atoms with Gasteiger partial charge in [-0.05, 0) is 6.42 Å². The van der Waals surface area contributed by atoms with E-state index in [2.05, 4.69) is 11.9 Å². The Hall–Kier alpha value is -0.550. The molecule has 0 radical (unpaired) electrons. The third kappa shape index (κ3) is 4.11. The summed E-state index contributed by atoms with van der Waals surface area (Å²) in [4.78, 5) is 14.6. The highest BCUT2D eigenvalue weighted by Crippen LogP contribution is 2.23. The first-order chi connectivity index (χ1) is 6.72. The molecule has 5 heteroatoms. The van der Waals surface area contributed by atoms with Crippen LogP contribution in [0.5, 0.6) is 0 Å². The predicted octanol–water partition coefficient (Wildman–Crippen LogP) is 2.66. The molecule has 0 aliphatic carbocycles. The fourth-order valence-corrected chi connectivity index (χ4v) is 2.89. The smallest absolute Gasteiger partial charge is 0.309 e. The van der Waals surface area contributed by atoms with Gasteiger partial charge in [-0.15, -0.1) is 11.3 Å². The highest BCUT2D eigenvalue weighted by Gasteiger charge is 2.05. The van der Waals surface area contributed by atoms with Gasteiger partial charge in [-0.3, -0.25) is 4.79 Å². The van der Waals surface area contributed by atoms with Crippen molar-refractivity contribution in [2.24, 2.45) is 0 Å². The number of thioether (sulfide) groups is 1. The normalized spacial score (nSPS) is 10.4. The molecule has 0 saturated heterocycles. The Morgan fingerprint density at radius 1 is 1.71 bits per heavy atom. The number of nitrogens with zero attached hydrogens (tertiary/aromatic N) is 1. The average molecular weight is 231 g/mol. The van der Waals surface area contributed by atoms with Crippen molar-refractivity contribution < 1.29 is 9.90 Å². The number of aliphatic carboxylic acids is 1. The van der Waals surface area contributed by atoms with Crippen LogP contribution in [0, 0.1) is 0 Å². The van der Waals surface area contributed by atoms with E-state index in [1.165, 1.54) is 24.2 Å². The minimum atomic E-state index is -0.819. The third-order valence-electron chi connectivity index (χ3n) is 1.59. The fraction of sp³-hybridized carbons (Fsp3) is 0.556. The number of hydrogen-bond donors (Lipinski definition) is 1. The van der Waals surface area contributed by atoms with Crippen LogP contribution in [0.3, 0.4) is 0 Å². The first kappa shape index (κ1) is 11.5. The molecule has 0 aliphatic heterocycles. The van der Waals surface area contributed by atoms with Gasteiger partial charge in [-0.2, -0.15) is 0 Å². The Morgan fingerprint density at radius 3 is 3.14 bits per heavy atom. The number of rotatable bonds is 6. The predicted molar refractivity (Wildman–Crippen MR) is 59.1 cm³/mol. The number of unbranched alkanes of at least 4 members (excludes halogenated alkanes) is 1. The Kier molecular flexibility index (Phi) is 4.97. The molecule has 0 atom stereocenters. The third-order valence-corrected chi connectivity index (χ3v) is 3.74. The molecule has 1 aromatic rings. The molecule has 0 unspecified atom stereocenters. The van der Waals surface area contributed by atoms with E-state index in [1.54, 1.807) is 11.8 Å². The van der Waals surface area contributed by atoms with Crippen LogP contribution >= 0.6 is 23.1 Å². The van der Waals surface area contributed by atoms with Gasteiger partial charge in [0, 0.05) is 11.1 Å². The standard InChI is InChI=1S/C9H13NO2S2/c1-2-3-4-13-9-10-7(6-14-9)5-8(11)12/h6H,2-5H2,1H3,(H,11,12). The van der Waals surface area contributed by atoms with E-state index in [-0.39, 0.29) is 6.42 Å². The number of carbonyl (C=O) groups is 1. The summed E-state index contributed by atoms with van der Waals surface area (Å²) in [5, 5.41) is 10.4. The molecule has 0 amide bonds. The monoisotopic (exact) mass is 231 g/mol. The van der Waals surface area contributed by atoms with Crippen molar-refractivity contribution in [2.75, 3.05) is 5.75 Å². The summed E-state index contributed by atoms with van der Waals surface area (Å²) in [7, 11) is 0. The summed E-state index contributed by atoms with van der Waals surface area (Å²) in [5.41, 5.74) is 0.668. The van der Waals surface area contributed by atoms with E-state index in [4.69, 9.17) is 5.11 Å². The van der Waals surface area contributed by atoms with Crippen molar-refractivity contribution in [3.63, 3.8) is 0 Å². The molecule has 14 heavy (non-hydrogen) atoms. The number of thiazole rings is 1. The molecule has 0 aliphatic rings. The zero-order valence-electron chi connectivity index (χ0n) is 8.02. The van der Waals surface area contributed by atoms with Crippen molar-refractivity contribution >= 4 is 29.1 Å². The molecule has 0 spiro atoms. The van der Waals surface area contributed by atoms with E-state index in [0.717, 1.165) is 10.1 Å². The molecule has 1 N–H and O–H groups in total. The van der Waals surface area contributed by atoms with Crippen LogP contribution < -0.4 is 0 Å². The minimum absolute atomic E-state index is 0.0326. The van der Waals surface area contributed by atoms with Gasteiger partial charge in [0.2, 0.25) is 0 Å². The summed E-state index contributed by atoms with van der Waals surface area (Å²) in [6.07, 6.45) is 2.39. The largest absolute Gasteiger partial charge is 0.481 e. The first-order valence-electron chi connectivity index (χ1n) is 4.51. The minimum Gasteiger partial charge on any atom is -0.481 e. The zero-order chi connectivity index (χ0) is 10.4. The lowest BCUT2D eigenvalue weighted by atomic mass is 10.3. The summed E-state index contributed by atoms with van der Waals surface area (Å²) in [5.74, 6) is 0.247. The molecule has 1 aromatic heterocycles. The van der Waals surface area contributed by atoms with Gasteiger partial charge in [-0.25, -0.2) is 4.98 Å². The quantitative estimate of drug-likeness (QED) is 0.604. The van der Waals surface area contributed by atoms with E-state index < -0.39 is 5.97 Å². The molecule has 1 rings (SSSR count). The van der Waals surface area contributed by atoms with Gasteiger partial charge >= 0.3 is 5.97 Å². The summed E-state index contributed by atoms with van der Waals surface area (Å²) in [6.45, 7) is 2.15. The number of aromatic nitrogens is 1. The molecule has 1 heterocycles. The molecule has 0 saturated carbocycles. The second kappa shape index (κ2) is 6.03. The van der Waals surface area contributed by atoms with Crippen LogP contribution in [0.25, 0.3) is 0 Å². The van der Waals surface area contributed by atoms with Crippen LogP contribution in [-0.4, -0.2) is 21.8 Å². The lowest BCUT2D eigenvalue weighted by Crippen LogP contribution is -1.99. The summed E-state index contributed by atoms with van der Waals surface area (Å²) >= 11 is 3.24. The van der Waals surface area contributed by atoms with Gasteiger partial charge < -0.3 is 5.11 Å². The van der Waals surface area contributed by atoms with Gasteiger partial charge in [0.1, 0.15) is 4.34 Å². The van der Waals surface area contributed by atoms with Crippen molar-refractivity contribution in [1.82, 2.24) is 4.98 Å². The lowest BCUT2D eigenvalue weighted by Gasteiger charge is -1.93. The van der Waals surface area contributed by atoms with Crippen molar-refractivity contribution in [3.8, 4) is 0 Å². The van der Waals surface area contributed by atoms with Crippen molar-refractivity contribution in [3.05, 3.63) is 11.1 Å². The van der Waals surface area contributed by atoms with Crippen molar-refractivity contribution in [2.45, 2.75) is 30.5 Å². The molecule has 0 fully saturated rings. The highest BCUT2D eigenvalue weighted by atomic mass is 32.2. The van der Waals surface area contributed by atoms with Gasteiger partial charge in [0.15, 0.2) is 0 Å². The Bertz CT molecular complexity index is 299. The SMILES string of the molecule is CCCCSc1nc(CC(=O)O)cs1. The van der Waals surface area contributed by atoms with Crippen LogP contribution in [0.1, 0.15) is 25.5 Å². The van der Waals surface area contributed by atoms with Gasteiger partial charge in [0.25, 0.3) is 0 Å². The zero-order valence-corrected chi connectivity index (χ0v) is 9.66. The van der Waals surface area contributed by atoms with E-state index >= 15 is 0 Å². The summed E-state index contributed by atoms with van der Waals surface area (Å²) in [6, 6.07) is 0. The maximum Gasteiger partial charge on any atom is 0.309 e. The van der Waals surface area contributed by atoms with Gasteiger partial charge in [-0.1, -0.05) is 25.1 Å². The van der Waals surface area contributed by atoms with Crippen LogP contribution in [0.15, 0.2) is 9.72 Å². The topological polar surface area (TPSA) is 50.2 Å². The average Bonchev–Trinajstić information content (AvgIpc) is 2.52. The van der Waals surface area contributed by atoms with Crippen molar-refractivity contribution in [1.29, 1.82) is 0 Å². The molecular weight excluding hydrogens is 218 g/mol. The van der Waals surface area contributed by atoms with E-state index in [1.807, 2.05) is 5.38 Å². The lowest BCUT2D eigenvalue weighted by molar-refractivity contribution is -0.136. The maximum atomic E-state index is 10.4. The van der Waals surface area contributed by atoms with E-state index in [9.17, 15) is 4.79 Å². The summed E-state index contributed by atoms with van der Waals surface area (Å²) < 4.78 is 0.981. The molecular formula is C9H13NO2S2. The number of hydrogen-bond acceptors (Lipinski definition) is 4. The van der Waals surface area contributed by atoms with E-state index in [0.29, 0.717) is 5.69 Å². The first-order valence-corrected chi connectivity index (χ1v) is 6.38. The Labute approximate surface area is 91.6 Å². The van der Waals surface area contributed by atoms with Crippen LogP contribution in [0.2, 0.25) is 0 Å². The molecule has 0 aromatic carbocycles.